The Bertz CT molecular complexity index is 416. The van der Waals surface area contributed by atoms with E-state index in [0.717, 1.165) is 18.0 Å². The maximum absolute atomic E-state index is 10.1. The summed E-state index contributed by atoms with van der Waals surface area (Å²) < 4.78 is 10.8. The lowest BCUT2D eigenvalue weighted by molar-refractivity contribution is 0.0437. The van der Waals surface area contributed by atoms with E-state index in [1.807, 2.05) is 24.3 Å². The van der Waals surface area contributed by atoms with E-state index in [1.54, 1.807) is 7.11 Å². The molecular formula is C16H26ClNO3. The van der Waals surface area contributed by atoms with Crippen LogP contribution >= 0.6 is 12.4 Å². The van der Waals surface area contributed by atoms with Gasteiger partial charge >= 0.3 is 0 Å². The number of piperidine rings is 1. The van der Waals surface area contributed by atoms with E-state index in [9.17, 15) is 5.11 Å². The molecular weight excluding hydrogens is 290 g/mol. The van der Waals surface area contributed by atoms with Crippen molar-refractivity contribution in [1.82, 2.24) is 4.90 Å². The van der Waals surface area contributed by atoms with Crippen molar-refractivity contribution >= 4 is 12.4 Å². The minimum atomic E-state index is -0.457. The fourth-order valence-corrected chi connectivity index (χ4v) is 2.64. The summed E-state index contributed by atoms with van der Waals surface area (Å²) in [5.74, 6) is 1.50. The van der Waals surface area contributed by atoms with Crippen molar-refractivity contribution in [2.75, 3.05) is 26.8 Å². The third-order valence-electron chi connectivity index (χ3n) is 3.87. The molecule has 1 aromatic carbocycles. The van der Waals surface area contributed by atoms with Crippen molar-refractivity contribution < 1.29 is 14.6 Å². The maximum Gasteiger partial charge on any atom is 0.123 e. The monoisotopic (exact) mass is 315 g/mol. The molecule has 0 bridgehead atoms. The molecule has 1 aromatic rings. The van der Waals surface area contributed by atoms with Gasteiger partial charge < -0.3 is 14.6 Å². The molecule has 5 heteroatoms. The van der Waals surface area contributed by atoms with Gasteiger partial charge in [0.15, 0.2) is 0 Å². The van der Waals surface area contributed by atoms with Gasteiger partial charge in [0, 0.05) is 18.7 Å². The van der Waals surface area contributed by atoms with Crippen LogP contribution in [0.4, 0.5) is 0 Å². The number of benzene rings is 1. The number of hydrogen-bond donors (Lipinski definition) is 1. The first kappa shape index (κ1) is 18.1. The summed E-state index contributed by atoms with van der Waals surface area (Å²) in [7, 11) is 1.63. The molecule has 0 aromatic heterocycles. The van der Waals surface area contributed by atoms with E-state index in [4.69, 9.17) is 9.47 Å². The van der Waals surface area contributed by atoms with Crippen LogP contribution in [0.5, 0.6) is 11.5 Å². The molecule has 4 nitrogen and oxygen atoms in total. The molecule has 1 aliphatic rings. The molecule has 2 rings (SSSR count). The van der Waals surface area contributed by atoms with Crippen molar-refractivity contribution in [3.05, 3.63) is 24.3 Å². The van der Waals surface area contributed by atoms with Crippen LogP contribution in [0, 0.1) is 0 Å². The van der Waals surface area contributed by atoms with E-state index >= 15 is 0 Å². The molecule has 1 saturated heterocycles. The number of rotatable bonds is 6. The highest BCUT2D eigenvalue weighted by atomic mass is 35.5. The van der Waals surface area contributed by atoms with Crippen molar-refractivity contribution in [3.8, 4) is 11.5 Å². The van der Waals surface area contributed by atoms with Gasteiger partial charge in [-0.25, -0.2) is 0 Å². The smallest absolute Gasteiger partial charge is 0.123 e. The van der Waals surface area contributed by atoms with Gasteiger partial charge in [-0.2, -0.15) is 0 Å². The molecule has 1 aliphatic heterocycles. The van der Waals surface area contributed by atoms with Crippen molar-refractivity contribution in [3.63, 3.8) is 0 Å². The highest BCUT2D eigenvalue weighted by molar-refractivity contribution is 5.85. The molecule has 2 unspecified atom stereocenters. The molecule has 1 N–H and O–H groups in total. The highest BCUT2D eigenvalue weighted by Crippen LogP contribution is 2.20. The summed E-state index contributed by atoms with van der Waals surface area (Å²) in [6.07, 6.45) is 3.30. The predicted octanol–water partition coefficient (Wildman–Crippen LogP) is 2.73. The lowest BCUT2D eigenvalue weighted by atomic mass is 10.0. The minimum absolute atomic E-state index is 0. The van der Waals surface area contributed by atoms with Gasteiger partial charge in [-0.3, -0.25) is 4.90 Å². The number of β-amino-alcohol motifs (C(OH)–C–C–N with tert-alkyl or cyclic N) is 1. The molecule has 0 saturated carbocycles. The Labute approximate surface area is 133 Å². The number of halogens is 1. The van der Waals surface area contributed by atoms with Crippen LogP contribution in [0.25, 0.3) is 0 Å². The Morgan fingerprint density at radius 3 is 2.81 bits per heavy atom. The fourth-order valence-electron chi connectivity index (χ4n) is 2.64. The van der Waals surface area contributed by atoms with E-state index in [2.05, 4.69) is 11.8 Å². The third kappa shape index (κ3) is 5.73. The Balaban J connectivity index is 0.00000220. The Kier molecular flexibility index (Phi) is 7.86. The van der Waals surface area contributed by atoms with E-state index in [1.165, 1.54) is 19.3 Å². The SMILES string of the molecule is COc1cccc(OCC(O)CN2CCCCC2C)c1.Cl. The van der Waals surface area contributed by atoms with Gasteiger partial charge in [0.25, 0.3) is 0 Å². The van der Waals surface area contributed by atoms with Crippen LogP contribution < -0.4 is 9.47 Å². The van der Waals surface area contributed by atoms with E-state index < -0.39 is 6.10 Å². The standard InChI is InChI=1S/C16H25NO3.ClH/c1-13-6-3-4-9-17(13)11-14(18)12-20-16-8-5-7-15(10-16)19-2;/h5,7-8,10,13-14,18H,3-4,6,9,11-12H2,1-2H3;1H. The number of aliphatic hydroxyl groups excluding tert-OH is 1. The molecule has 0 amide bonds. The summed E-state index contributed by atoms with van der Waals surface area (Å²) in [5.41, 5.74) is 0. The second-order valence-corrected chi connectivity index (χ2v) is 5.48. The lowest BCUT2D eigenvalue weighted by Gasteiger charge is -2.34. The molecule has 0 aliphatic carbocycles. The number of aliphatic hydroxyl groups is 1. The second-order valence-electron chi connectivity index (χ2n) is 5.48. The first-order chi connectivity index (χ1) is 9.69. The number of nitrogens with zero attached hydrogens (tertiary/aromatic N) is 1. The Morgan fingerprint density at radius 1 is 1.33 bits per heavy atom. The van der Waals surface area contributed by atoms with Crippen LogP contribution in [-0.4, -0.2) is 49.0 Å². The van der Waals surface area contributed by atoms with Gasteiger partial charge in [-0.15, -0.1) is 12.4 Å². The van der Waals surface area contributed by atoms with Crippen molar-refractivity contribution in [2.45, 2.75) is 38.3 Å². The zero-order chi connectivity index (χ0) is 14.4. The fraction of sp³-hybridized carbons (Fsp3) is 0.625. The Morgan fingerprint density at radius 2 is 2.10 bits per heavy atom. The first-order valence-electron chi connectivity index (χ1n) is 7.38. The van der Waals surface area contributed by atoms with E-state index in [-0.39, 0.29) is 12.4 Å². The predicted molar refractivity (Wildman–Crippen MR) is 86.6 cm³/mol. The normalized spacial score (nSPS) is 20.4. The topological polar surface area (TPSA) is 41.9 Å². The van der Waals surface area contributed by atoms with Crippen molar-refractivity contribution in [2.24, 2.45) is 0 Å². The average molecular weight is 316 g/mol. The number of methoxy groups -OCH3 is 1. The molecule has 0 radical (unpaired) electrons. The molecule has 2 atom stereocenters. The third-order valence-corrected chi connectivity index (χ3v) is 3.87. The summed E-state index contributed by atoms with van der Waals surface area (Å²) in [6, 6.07) is 8.02. The highest BCUT2D eigenvalue weighted by Gasteiger charge is 2.20. The molecule has 21 heavy (non-hydrogen) atoms. The Hall–Kier alpha value is -0.970. The van der Waals surface area contributed by atoms with E-state index in [0.29, 0.717) is 19.2 Å². The minimum Gasteiger partial charge on any atom is -0.497 e. The van der Waals surface area contributed by atoms with Crippen LogP contribution in [0.2, 0.25) is 0 Å². The van der Waals surface area contributed by atoms with Crippen LogP contribution in [0.1, 0.15) is 26.2 Å². The number of likely N-dealkylation sites (tertiary alicyclic amines) is 1. The van der Waals surface area contributed by atoms with Gasteiger partial charge in [0.05, 0.1) is 7.11 Å². The summed E-state index contributed by atoms with van der Waals surface area (Å²) >= 11 is 0. The largest absolute Gasteiger partial charge is 0.497 e. The molecule has 120 valence electrons. The molecule has 1 fully saturated rings. The first-order valence-corrected chi connectivity index (χ1v) is 7.38. The van der Waals surface area contributed by atoms with Gasteiger partial charge in [0.1, 0.15) is 24.2 Å². The second kappa shape index (κ2) is 9.13. The van der Waals surface area contributed by atoms with Crippen LogP contribution in [0.15, 0.2) is 24.3 Å². The summed E-state index contributed by atoms with van der Waals surface area (Å²) in [5, 5.41) is 10.1. The average Bonchev–Trinajstić information content (AvgIpc) is 2.48. The van der Waals surface area contributed by atoms with Gasteiger partial charge in [0.2, 0.25) is 0 Å². The number of hydrogen-bond acceptors (Lipinski definition) is 4. The van der Waals surface area contributed by atoms with Gasteiger partial charge in [-0.1, -0.05) is 12.5 Å². The van der Waals surface area contributed by atoms with Crippen molar-refractivity contribution in [1.29, 1.82) is 0 Å². The molecule has 0 spiro atoms. The zero-order valence-electron chi connectivity index (χ0n) is 12.8. The molecule has 1 heterocycles. The zero-order valence-corrected chi connectivity index (χ0v) is 13.6. The van der Waals surface area contributed by atoms with Crippen LogP contribution in [-0.2, 0) is 0 Å². The lowest BCUT2D eigenvalue weighted by Crippen LogP contribution is -2.43. The van der Waals surface area contributed by atoms with Gasteiger partial charge in [-0.05, 0) is 38.4 Å². The van der Waals surface area contributed by atoms with Crippen LogP contribution in [0.3, 0.4) is 0 Å². The summed E-state index contributed by atoms with van der Waals surface area (Å²) in [6.45, 7) is 4.31. The quantitative estimate of drug-likeness (QED) is 0.876. The number of ether oxygens (including phenoxy) is 2. The summed E-state index contributed by atoms with van der Waals surface area (Å²) in [4.78, 5) is 2.35. The maximum atomic E-state index is 10.1.